The van der Waals surface area contributed by atoms with E-state index in [2.05, 4.69) is 5.32 Å². The highest BCUT2D eigenvalue weighted by Crippen LogP contribution is 2.17. The van der Waals surface area contributed by atoms with Gasteiger partial charge < -0.3 is 14.8 Å². The molecule has 2 aromatic rings. The van der Waals surface area contributed by atoms with Crippen LogP contribution in [0.4, 0.5) is 4.79 Å². The van der Waals surface area contributed by atoms with Crippen molar-refractivity contribution >= 4 is 23.7 Å². The highest BCUT2D eigenvalue weighted by Gasteiger charge is 2.21. The third kappa shape index (κ3) is 9.26. The molecule has 1 amide bonds. The van der Waals surface area contributed by atoms with Gasteiger partial charge >= 0.3 is 12.1 Å². The van der Waals surface area contributed by atoms with Gasteiger partial charge in [0.05, 0.1) is 12.6 Å². The number of benzene rings is 2. The molecular weight excluding hydrogens is 414 g/mol. The zero-order chi connectivity index (χ0) is 22.9. The average molecular weight is 444 g/mol. The summed E-state index contributed by atoms with van der Waals surface area (Å²) < 4.78 is 10.7. The highest BCUT2D eigenvalue weighted by atomic mass is 35.5. The van der Waals surface area contributed by atoms with Crippen molar-refractivity contribution in [2.24, 2.45) is 0 Å². The molecule has 166 valence electrons. The van der Waals surface area contributed by atoms with E-state index in [0.717, 1.165) is 11.1 Å². The van der Waals surface area contributed by atoms with Crippen LogP contribution < -0.4 is 5.32 Å². The Hall–Kier alpha value is -2.79. The molecule has 5 nitrogen and oxygen atoms in total. The van der Waals surface area contributed by atoms with Crippen molar-refractivity contribution in [3.05, 3.63) is 82.4 Å². The van der Waals surface area contributed by atoms with Crippen LogP contribution in [0.3, 0.4) is 0 Å². The summed E-state index contributed by atoms with van der Waals surface area (Å²) >= 11 is 6.10. The largest absolute Gasteiger partial charge is 0.463 e. The smallest absolute Gasteiger partial charge is 0.408 e. The van der Waals surface area contributed by atoms with E-state index in [9.17, 15) is 9.59 Å². The third-order valence-electron chi connectivity index (χ3n) is 4.22. The second-order valence-electron chi connectivity index (χ2n) is 8.16. The maximum atomic E-state index is 12.7. The number of esters is 1. The summed E-state index contributed by atoms with van der Waals surface area (Å²) in [4.78, 5) is 25.1. The van der Waals surface area contributed by atoms with Gasteiger partial charge in [-0.05, 0) is 57.4 Å². The number of amides is 1. The lowest BCUT2D eigenvalue weighted by molar-refractivity contribution is -0.138. The molecule has 0 fully saturated rings. The van der Waals surface area contributed by atoms with Crippen molar-refractivity contribution in [3.8, 4) is 0 Å². The fraction of sp³-hybridized carbons (Fsp3) is 0.360. The van der Waals surface area contributed by atoms with Gasteiger partial charge in [0.2, 0.25) is 0 Å². The summed E-state index contributed by atoms with van der Waals surface area (Å²) in [7, 11) is 0. The van der Waals surface area contributed by atoms with E-state index in [1.54, 1.807) is 39.8 Å². The van der Waals surface area contributed by atoms with Gasteiger partial charge in [0, 0.05) is 17.0 Å². The first-order valence-corrected chi connectivity index (χ1v) is 10.7. The Labute approximate surface area is 189 Å². The van der Waals surface area contributed by atoms with Crippen LogP contribution in [0, 0.1) is 0 Å². The van der Waals surface area contributed by atoms with Crippen LogP contribution in [0.25, 0.3) is 0 Å². The van der Waals surface area contributed by atoms with Crippen molar-refractivity contribution in [2.75, 3.05) is 6.61 Å². The van der Waals surface area contributed by atoms with Gasteiger partial charge in [-0.2, -0.15) is 0 Å². The molecule has 2 aromatic carbocycles. The highest BCUT2D eigenvalue weighted by molar-refractivity contribution is 6.30. The van der Waals surface area contributed by atoms with E-state index in [0.29, 0.717) is 23.4 Å². The number of carbonyl (C=O) groups is 2. The number of hydrogen-bond donors (Lipinski definition) is 1. The van der Waals surface area contributed by atoms with Gasteiger partial charge in [-0.3, -0.25) is 0 Å². The molecule has 2 rings (SSSR count). The number of alkyl carbamates (subject to hydrolysis) is 1. The molecule has 1 atom stereocenters. The van der Waals surface area contributed by atoms with Crippen LogP contribution in [-0.2, 0) is 27.1 Å². The third-order valence-corrected chi connectivity index (χ3v) is 4.46. The summed E-state index contributed by atoms with van der Waals surface area (Å²) in [5.41, 5.74) is 1.71. The predicted octanol–water partition coefficient (Wildman–Crippen LogP) is 5.51. The van der Waals surface area contributed by atoms with Crippen molar-refractivity contribution in [2.45, 2.75) is 52.2 Å². The van der Waals surface area contributed by atoms with E-state index in [4.69, 9.17) is 21.1 Å². The van der Waals surface area contributed by atoms with E-state index >= 15 is 0 Å². The second kappa shape index (κ2) is 11.6. The van der Waals surface area contributed by atoms with Gasteiger partial charge in [-0.1, -0.05) is 60.1 Å². The van der Waals surface area contributed by atoms with Crippen molar-refractivity contribution < 1.29 is 19.1 Å². The Morgan fingerprint density at radius 3 is 2.35 bits per heavy atom. The minimum Gasteiger partial charge on any atom is -0.463 e. The maximum Gasteiger partial charge on any atom is 0.408 e. The number of rotatable bonds is 8. The van der Waals surface area contributed by atoms with Crippen LogP contribution in [0.2, 0.25) is 5.02 Å². The zero-order valence-corrected chi connectivity index (χ0v) is 19.2. The Balaban J connectivity index is 2.34. The van der Waals surface area contributed by atoms with E-state index < -0.39 is 23.7 Å². The maximum absolute atomic E-state index is 12.7. The number of halogens is 1. The molecule has 6 heteroatoms. The Kier molecular flexibility index (Phi) is 9.13. The molecule has 31 heavy (non-hydrogen) atoms. The van der Waals surface area contributed by atoms with Crippen molar-refractivity contribution in [1.82, 2.24) is 5.32 Å². The van der Waals surface area contributed by atoms with Crippen LogP contribution in [0.15, 0.2) is 66.2 Å². The fourth-order valence-corrected chi connectivity index (χ4v) is 3.22. The predicted molar refractivity (Wildman–Crippen MR) is 123 cm³/mol. The molecule has 0 aliphatic carbocycles. The van der Waals surface area contributed by atoms with Crippen LogP contribution in [-0.4, -0.2) is 30.3 Å². The lowest BCUT2D eigenvalue weighted by atomic mass is 9.99. The van der Waals surface area contributed by atoms with Crippen LogP contribution >= 0.6 is 11.6 Å². The van der Waals surface area contributed by atoms with E-state index in [1.165, 1.54) is 0 Å². The molecule has 0 aromatic heterocycles. The number of nitrogens with one attached hydrogen (secondary N) is 1. The molecule has 0 aliphatic rings. The van der Waals surface area contributed by atoms with Gasteiger partial charge in [-0.15, -0.1) is 0 Å². The molecule has 0 unspecified atom stereocenters. The minimum atomic E-state index is -0.629. The molecule has 0 saturated heterocycles. The number of ether oxygens (including phenoxy) is 2. The van der Waals surface area contributed by atoms with Gasteiger partial charge in [0.15, 0.2) is 0 Å². The first-order valence-electron chi connectivity index (χ1n) is 10.3. The summed E-state index contributed by atoms with van der Waals surface area (Å²) in [5.74, 6) is -0.425. The summed E-state index contributed by atoms with van der Waals surface area (Å²) in [6.07, 6.45) is 2.03. The van der Waals surface area contributed by atoms with Crippen molar-refractivity contribution in [1.29, 1.82) is 0 Å². The normalized spacial score (nSPS) is 12.7. The Morgan fingerprint density at radius 1 is 1.06 bits per heavy atom. The van der Waals surface area contributed by atoms with E-state index in [-0.39, 0.29) is 6.61 Å². The lowest BCUT2D eigenvalue weighted by Crippen LogP contribution is -2.39. The molecule has 0 heterocycles. The topological polar surface area (TPSA) is 64.6 Å². The minimum absolute atomic E-state index is 0.258. The van der Waals surface area contributed by atoms with Gasteiger partial charge in [0.1, 0.15) is 5.60 Å². The molecule has 1 N–H and O–H groups in total. The quantitative estimate of drug-likeness (QED) is 0.431. The molecule has 0 radical (unpaired) electrons. The Morgan fingerprint density at radius 2 is 1.74 bits per heavy atom. The van der Waals surface area contributed by atoms with Crippen molar-refractivity contribution in [3.63, 3.8) is 0 Å². The SMILES string of the molecule is CCOC(=O)/C(=C/[C@H](Cc1ccccc1)NC(=O)OC(C)(C)C)Cc1cccc(Cl)c1. The summed E-state index contributed by atoms with van der Waals surface area (Å²) in [6.45, 7) is 7.43. The summed E-state index contributed by atoms with van der Waals surface area (Å²) in [5, 5.41) is 3.47. The standard InChI is InChI=1S/C25H30ClNO4/c1-5-30-23(28)20(14-19-12-9-13-21(26)15-19)17-22(16-18-10-7-6-8-11-18)27-24(29)31-25(2,3)4/h6-13,15,17,22H,5,14,16H2,1-4H3,(H,27,29)/b20-17+/t22-/m0/s1. The van der Waals surface area contributed by atoms with Gasteiger partial charge in [-0.25, -0.2) is 9.59 Å². The van der Waals surface area contributed by atoms with E-state index in [1.807, 2.05) is 48.5 Å². The molecule has 0 saturated carbocycles. The van der Waals surface area contributed by atoms with Crippen LogP contribution in [0.5, 0.6) is 0 Å². The monoisotopic (exact) mass is 443 g/mol. The lowest BCUT2D eigenvalue weighted by Gasteiger charge is -2.23. The first kappa shape index (κ1) is 24.5. The molecule has 0 bridgehead atoms. The van der Waals surface area contributed by atoms with Gasteiger partial charge in [0.25, 0.3) is 0 Å². The first-order chi connectivity index (χ1) is 14.7. The molecule has 0 aliphatic heterocycles. The second-order valence-corrected chi connectivity index (χ2v) is 8.60. The molecule has 0 spiro atoms. The average Bonchev–Trinajstić information content (AvgIpc) is 2.67. The summed E-state index contributed by atoms with van der Waals surface area (Å²) in [6, 6.07) is 16.6. The number of carbonyl (C=O) groups excluding carboxylic acids is 2. The van der Waals surface area contributed by atoms with Crippen LogP contribution in [0.1, 0.15) is 38.8 Å². The zero-order valence-electron chi connectivity index (χ0n) is 18.5. The fourth-order valence-electron chi connectivity index (χ4n) is 3.01. The Bertz CT molecular complexity index is 903. The number of hydrogen-bond acceptors (Lipinski definition) is 4. The molecular formula is C25H30ClNO4.